The molecular weight excluding hydrogens is 230 g/mol. The highest BCUT2D eigenvalue weighted by Crippen LogP contribution is 2.23. The number of aliphatic hydroxyl groups is 1. The maximum absolute atomic E-state index is 11.9. The smallest absolute Gasteiger partial charge is 0.227 e. The fourth-order valence-corrected chi connectivity index (χ4v) is 1.88. The van der Waals surface area contributed by atoms with Crippen molar-refractivity contribution in [1.29, 1.82) is 0 Å². The minimum absolute atomic E-state index is 0.0223. The Balaban J connectivity index is 2.82. The van der Waals surface area contributed by atoms with Crippen LogP contribution in [-0.4, -0.2) is 18.1 Å². The zero-order valence-corrected chi connectivity index (χ0v) is 11.2. The van der Waals surface area contributed by atoms with Gasteiger partial charge in [-0.15, -0.1) is 0 Å². The largest absolute Gasteiger partial charge is 0.496 e. The Morgan fingerprint density at radius 1 is 1.39 bits per heavy atom. The number of nitrogens with one attached hydrogen (secondary N) is 1. The number of hydrogen-bond acceptors (Lipinski definition) is 3. The van der Waals surface area contributed by atoms with Crippen molar-refractivity contribution in [2.45, 2.75) is 33.3 Å². The van der Waals surface area contributed by atoms with Crippen LogP contribution >= 0.6 is 0 Å². The van der Waals surface area contributed by atoms with Crippen molar-refractivity contribution in [1.82, 2.24) is 0 Å². The van der Waals surface area contributed by atoms with E-state index in [1.807, 2.05) is 13.8 Å². The summed E-state index contributed by atoms with van der Waals surface area (Å²) in [7, 11) is 1.55. The van der Waals surface area contributed by atoms with Gasteiger partial charge in [0.1, 0.15) is 5.75 Å². The van der Waals surface area contributed by atoms with Crippen molar-refractivity contribution < 1.29 is 14.6 Å². The molecule has 1 aromatic rings. The van der Waals surface area contributed by atoms with E-state index >= 15 is 0 Å². The highest BCUT2D eigenvalue weighted by atomic mass is 16.5. The van der Waals surface area contributed by atoms with Crippen LogP contribution in [0.5, 0.6) is 5.75 Å². The lowest BCUT2D eigenvalue weighted by atomic mass is 10.0. The molecule has 0 radical (unpaired) electrons. The molecule has 0 fully saturated rings. The first-order chi connectivity index (χ1) is 8.65. The van der Waals surface area contributed by atoms with Crippen LogP contribution in [0.2, 0.25) is 0 Å². The summed E-state index contributed by atoms with van der Waals surface area (Å²) in [4.78, 5) is 11.9. The van der Waals surface area contributed by atoms with E-state index in [-0.39, 0.29) is 18.4 Å². The van der Waals surface area contributed by atoms with Gasteiger partial charge in [0.25, 0.3) is 0 Å². The Morgan fingerprint density at radius 2 is 2.06 bits per heavy atom. The predicted molar refractivity (Wildman–Crippen MR) is 71.6 cm³/mol. The van der Waals surface area contributed by atoms with Crippen molar-refractivity contribution in [2.24, 2.45) is 5.92 Å². The van der Waals surface area contributed by atoms with Crippen molar-refractivity contribution in [3.63, 3.8) is 0 Å². The highest BCUT2D eigenvalue weighted by Gasteiger charge is 2.14. The number of rotatable bonds is 6. The Hall–Kier alpha value is -1.55. The quantitative estimate of drug-likeness (QED) is 0.817. The lowest BCUT2D eigenvalue weighted by molar-refractivity contribution is -0.120. The molecule has 0 aliphatic heterocycles. The maximum Gasteiger partial charge on any atom is 0.227 e. The van der Waals surface area contributed by atoms with Gasteiger partial charge in [0, 0.05) is 17.2 Å². The molecule has 4 heteroatoms. The Morgan fingerprint density at radius 3 is 2.56 bits per heavy atom. The number of anilines is 1. The molecule has 0 aromatic heterocycles. The van der Waals surface area contributed by atoms with E-state index in [0.717, 1.165) is 12.8 Å². The number of amides is 1. The van der Waals surface area contributed by atoms with E-state index in [1.54, 1.807) is 25.3 Å². The summed E-state index contributed by atoms with van der Waals surface area (Å²) in [6.07, 6.45) is 1.65. The summed E-state index contributed by atoms with van der Waals surface area (Å²) >= 11 is 0. The average Bonchev–Trinajstić information content (AvgIpc) is 2.40. The fourth-order valence-electron chi connectivity index (χ4n) is 1.88. The Labute approximate surface area is 108 Å². The number of ether oxygens (including phenoxy) is 1. The summed E-state index contributed by atoms with van der Waals surface area (Å²) in [6.45, 7) is 3.89. The van der Waals surface area contributed by atoms with E-state index in [1.165, 1.54) is 0 Å². The number of aliphatic hydroxyl groups excluding tert-OH is 1. The van der Waals surface area contributed by atoms with Crippen molar-refractivity contribution in [3.05, 3.63) is 23.8 Å². The van der Waals surface area contributed by atoms with Crippen LogP contribution in [0.25, 0.3) is 0 Å². The molecule has 100 valence electrons. The second kappa shape index (κ2) is 7.01. The van der Waals surface area contributed by atoms with Crippen LogP contribution in [0.3, 0.4) is 0 Å². The summed E-state index contributed by atoms with van der Waals surface area (Å²) in [5.74, 6) is 0.678. The van der Waals surface area contributed by atoms with E-state index in [2.05, 4.69) is 5.32 Å². The SMILES string of the molecule is CCC(CC)C(=O)Nc1ccc(OC)c(CO)c1. The van der Waals surface area contributed by atoms with Crippen molar-refractivity contribution in [2.75, 3.05) is 12.4 Å². The summed E-state index contributed by atoms with van der Waals surface area (Å²) in [5, 5.41) is 12.1. The standard InChI is InChI=1S/C14H21NO3/c1-4-10(5-2)14(17)15-12-6-7-13(18-3)11(8-12)9-16/h6-8,10,16H,4-5,9H2,1-3H3,(H,15,17). The lowest BCUT2D eigenvalue weighted by Gasteiger charge is -2.14. The number of methoxy groups -OCH3 is 1. The molecular formula is C14H21NO3. The van der Waals surface area contributed by atoms with Gasteiger partial charge in [0.05, 0.1) is 13.7 Å². The predicted octanol–water partition coefficient (Wildman–Crippen LogP) is 2.56. The van der Waals surface area contributed by atoms with E-state index in [9.17, 15) is 9.90 Å². The van der Waals surface area contributed by atoms with Crippen LogP contribution in [0.15, 0.2) is 18.2 Å². The van der Waals surface area contributed by atoms with Crippen LogP contribution < -0.4 is 10.1 Å². The monoisotopic (exact) mass is 251 g/mol. The van der Waals surface area contributed by atoms with Gasteiger partial charge in [-0.2, -0.15) is 0 Å². The van der Waals surface area contributed by atoms with Gasteiger partial charge in [-0.05, 0) is 31.0 Å². The summed E-state index contributed by atoms with van der Waals surface area (Å²) < 4.78 is 5.11. The Kier molecular flexibility index (Phi) is 5.65. The third kappa shape index (κ3) is 3.47. The highest BCUT2D eigenvalue weighted by molar-refractivity contribution is 5.92. The molecule has 4 nitrogen and oxygen atoms in total. The molecule has 0 saturated carbocycles. The number of hydrogen-bond donors (Lipinski definition) is 2. The van der Waals surface area contributed by atoms with Gasteiger partial charge in [-0.3, -0.25) is 4.79 Å². The minimum atomic E-state index is -0.113. The van der Waals surface area contributed by atoms with Gasteiger partial charge in [-0.1, -0.05) is 13.8 Å². The zero-order valence-electron chi connectivity index (χ0n) is 11.2. The van der Waals surface area contributed by atoms with Crippen molar-refractivity contribution in [3.8, 4) is 5.75 Å². The molecule has 0 saturated heterocycles. The molecule has 0 spiro atoms. The molecule has 0 aliphatic carbocycles. The van der Waals surface area contributed by atoms with Gasteiger partial charge >= 0.3 is 0 Å². The topological polar surface area (TPSA) is 58.6 Å². The molecule has 0 heterocycles. The number of carbonyl (C=O) groups excluding carboxylic acids is 1. The second-order valence-electron chi connectivity index (χ2n) is 4.19. The second-order valence-corrected chi connectivity index (χ2v) is 4.19. The lowest BCUT2D eigenvalue weighted by Crippen LogP contribution is -2.21. The fraction of sp³-hybridized carbons (Fsp3) is 0.500. The zero-order chi connectivity index (χ0) is 13.5. The number of benzene rings is 1. The molecule has 1 aromatic carbocycles. The summed E-state index contributed by atoms with van der Waals surface area (Å²) in [5.41, 5.74) is 1.36. The van der Waals surface area contributed by atoms with Crippen LogP contribution in [-0.2, 0) is 11.4 Å². The molecule has 18 heavy (non-hydrogen) atoms. The van der Waals surface area contributed by atoms with Crippen LogP contribution in [0.4, 0.5) is 5.69 Å². The normalized spacial score (nSPS) is 10.5. The Bertz CT molecular complexity index is 400. The molecule has 0 bridgehead atoms. The third-order valence-electron chi connectivity index (χ3n) is 3.07. The molecule has 0 aliphatic rings. The molecule has 0 atom stereocenters. The molecule has 2 N–H and O–H groups in total. The van der Waals surface area contributed by atoms with Gasteiger partial charge in [-0.25, -0.2) is 0 Å². The number of carbonyl (C=O) groups is 1. The van der Waals surface area contributed by atoms with Gasteiger partial charge in [0.2, 0.25) is 5.91 Å². The van der Waals surface area contributed by atoms with E-state index in [0.29, 0.717) is 17.0 Å². The van der Waals surface area contributed by atoms with Crippen LogP contribution in [0, 0.1) is 5.92 Å². The third-order valence-corrected chi connectivity index (χ3v) is 3.07. The van der Waals surface area contributed by atoms with Gasteiger partial charge in [0.15, 0.2) is 0 Å². The van der Waals surface area contributed by atoms with Gasteiger partial charge < -0.3 is 15.2 Å². The molecule has 0 unspecified atom stereocenters. The molecule has 1 amide bonds. The first-order valence-electron chi connectivity index (χ1n) is 6.24. The summed E-state index contributed by atoms with van der Waals surface area (Å²) in [6, 6.07) is 5.26. The van der Waals surface area contributed by atoms with E-state index in [4.69, 9.17) is 4.74 Å². The van der Waals surface area contributed by atoms with E-state index < -0.39 is 0 Å². The first-order valence-corrected chi connectivity index (χ1v) is 6.24. The average molecular weight is 251 g/mol. The minimum Gasteiger partial charge on any atom is -0.496 e. The molecule has 1 rings (SSSR count). The first kappa shape index (κ1) is 14.5. The van der Waals surface area contributed by atoms with Crippen molar-refractivity contribution >= 4 is 11.6 Å². The van der Waals surface area contributed by atoms with Crippen LogP contribution in [0.1, 0.15) is 32.3 Å². The maximum atomic E-state index is 11.9.